The van der Waals surface area contributed by atoms with E-state index in [4.69, 9.17) is 23.2 Å². The molecule has 130 valence electrons. The average Bonchev–Trinajstić information content (AvgIpc) is 2.54. The molecule has 23 heavy (non-hydrogen) atoms. The van der Waals surface area contributed by atoms with Crippen LogP contribution in [0.2, 0.25) is 10.0 Å². The Bertz CT molecular complexity index is 623. The summed E-state index contributed by atoms with van der Waals surface area (Å²) in [5.74, 6) is 0. The number of nitrogens with one attached hydrogen (secondary N) is 1. The Morgan fingerprint density at radius 1 is 1.30 bits per heavy atom. The number of nitrogens with zero attached hydrogens (tertiary/aromatic N) is 1. The maximum absolute atomic E-state index is 12.3. The molecule has 0 aliphatic carbocycles. The van der Waals surface area contributed by atoms with E-state index in [1.54, 1.807) is 6.07 Å². The lowest BCUT2D eigenvalue weighted by Gasteiger charge is -2.35. The van der Waals surface area contributed by atoms with E-state index in [1.165, 1.54) is 31.4 Å². The van der Waals surface area contributed by atoms with Gasteiger partial charge in [-0.2, -0.15) is 0 Å². The van der Waals surface area contributed by atoms with Crippen LogP contribution >= 0.6 is 23.2 Å². The predicted molar refractivity (Wildman–Crippen MR) is 95.8 cm³/mol. The molecular formula is C16H24Cl2N2O2S. The minimum atomic E-state index is -3.62. The van der Waals surface area contributed by atoms with Crippen LogP contribution in [0.5, 0.6) is 0 Å². The minimum absolute atomic E-state index is 0.0380. The summed E-state index contributed by atoms with van der Waals surface area (Å²) in [6, 6.07) is 5.09. The zero-order valence-corrected chi connectivity index (χ0v) is 15.7. The molecule has 4 nitrogen and oxygen atoms in total. The van der Waals surface area contributed by atoms with Gasteiger partial charge in [0.25, 0.3) is 0 Å². The van der Waals surface area contributed by atoms with E-state index in [9.17, 15) is 8.42 Å². The monoisotopic (exact) mass is 378 g/mol. The van der Waals surface area contributed by atoms with E-state index in [-0.39, 0.29) is 9.92 Å². The van der Waals surface area contributed by atoms with Gasteiger partial charge in [0, 0.05) is 17.6 Å². The van der Waals surface area contributed by atoms with Gasteiger partial charge >= 0.3 is 0 Å². The second kappa shape index (κ2) is 8.67. The Kier molecular flexibility index (Phi) is 7.17. The fraction of sp³-hybridized carbons (Fsp3) is 0.625. The molecule has 0 aromatic heterocycles. The Hall–Kier alpha value is -0.330. The van der Waals surface area contributed by atoms with Crippen molar-refractivity contribution in [1.29, 1.82) is 0 Å². The maximum Gasteiger partial charge on any atom is 0.242 e. The van der Waals surface area contributed by atoms with E-state index in [0.29, 0.717) is 17.6 Å². The summed E-state index contributed by atoms with van der Waals surface area (Å²) in [5.41, 5.74) is 0. The number of rotatable bonds is 7. The Morgan fingerprint density at radius 2 is 2.09 bits per heavy atom. The largest absolute Gasteiger partial charge is 0.300 e. The highest BCUT2D eigenvalue weighted by Gasteiger charge is 2.21. The second-order valence-electron chi connectivity index (χ2n) is 5.92. The van der Waals surface area contributed by atoms with Crippen LogP contribution < -0.4 is 4.72 Å². The van der Waals surface area contributed by atoms with Gasteiger partial charge in [-0.1, -0.05) is 36.5 Å². The maximum atomic E-state index is 12.3. The molecule has 1 saturated heterocycles. The molecule has 1 aromatic rings. The summed E-state index contributed by atoms with van der Waals surface area (Å²) in [5, 5.41) is 0.540. The molecule has 0 saturated carbocycles. The van der Waals surface area contributed by atoms with Crippen molar-refractivity contribution in [3.05, 3.63) is 28.2 Å². The number of likely N-dealkylation sites (tertiary alicyclic amines) is 1. The van der Waals surface area contributed by atoms with E-state index >= 15 is 0 Å². The second-order valence-corrected chi connectivity index (χ2v) is 8.50. The Morgan fingerprint density at radius 3 is 2.83 bits per heavy atom. The predicted octanol–water partition coefficient (Wildman–Crippen LogP) is 3.93. The van der Waals surface area contributed by atoms with Gasteiger partial charge in [-0.25, -0.2) is 13.1 Å². The zero-order valence-electron chi connectivity index (χ0n) is 13.4. The molecule has 0 bridgehead atoms. The molecule has 0 radical (unpaired) electrons. The summed E-state index contributed by atoms with van der Waals surface area (Å²) in [7, 11) is -3.62. The first-order chi connectivity index (χ1) is 10.9. The van der Waals surface area contributed by atoms with E-state index in [2.05, 4.69) is 16.5 Å². The minimum Gasteiger partial charge on any atom is -0.300 e. The first-order valence-electron chi connectivity index (χ1n) is 8.13. The summed E-state index contributed by atoms with van der Waals surface area (Å²) in [6.45, 7) is 4.65. The lowest BCUT2D eigenvalue weighted by molar-refractivity contribution is 0.143. The molecule has 1 aromatic carbocycles. The standard InChI is InChI=1S/C16H24Cl2N2O2S/c1-2-14-6-3-4-10-20(14)11-5-9-19-23(21,22)16-12-13(17)7-8-15(16)18/h7-8,12,14,19H,2-6,9-11H2,1H3/t14-/m0/s1. The number of sulfonamides is 1. The highest BCUT2D eigenvalue weighted by Crippen LogP contribution is 2.25. The van der Waals surface area contributed by atoms with E-state index < -0.39 is 10.0 Å². The van der Waals surface area contributed by atoms with Crippen LogP contribution in [0.1, 0.15) is 39.0 Å². The fourth-order valence-electron chi connectivity index (χ4n) is 3.07. The molecule has 1 fully saturated rings. The van der Waals surface area contributed by atoms with Crippen molar-refractivity contribution in [2.24, 2.45) is 0 Å². The molecule has 7 heteroatoms. The molecular weight excluding hydrogens is 355 g/mol. The van der Waals surface area contributed by atoms with Crippen molar-refractivity contribution in [2.75, 3.05) is 19.6 Å². The van der Waals surface area contributed by atoms with Gasteiger partial charge in [0.1, 0.15) is 4.90 Å². The number of benzene rings is 1. The number of piperidine rings is 1. The van der Waals surface area contributed by atoms with Crippen LogP contribution in [-0.4, -0.2) is 39.0 Å². The third-order valence-corrected chi connectivity index (χ3v) is 6.49. The highest BCUT2D eigenvalue weighted by molar-refractivity contribution is 7.89. The van der Waals surface area contributed by atoms with Crippen LogP contribution in [0.3, 0.4) is 0 Å². The molecule has 0 unspecified atom stereocenters. The first kappa shape index (κ1) is 19.0. The van der Waals surface area contributed by atoms with Crippen molar-refractivity contribution in [3.8, 4) is 0 Å². The van der Waals surface area contributed by atoms with Crippen LogP contribution in [0.15, 0.2) is 23.1 Å². The molecule has 0 amide bonds. The number of halogens is 2. The van der Waals surface area contributed by atoms with Crippen molar-refractivity contribution in [2.45, 2.75) is 50.0 Å². The van der Waals surface area contributed by atoms with Gasteiger partial charge in [0.2, 0.25) is 10.0 Å². The van der Waals surface area contributed by atoms with Gasteiger partial charge in [0.05, 0.1) is 5.02 Å². The highest BCUT2D eigenvalue weighted by atomic mass is 35.5. The third-order valence-electron chi connectivity index (χ3n) is 4.32. The molecule has 1 heterocycles. The van der Waals surface area contributed by atoms with E-state index in [1.807, 2.05) is 0 Å². The number of hydrogen-bond donors (Lipinski definition) is 1. The van der Waals surface area contributed by atoms with Crippen LogP contribution in [0.25, 0.3) is 0 Å². The quantitative estimate of drug-likeness (QED) is 0.731. The Labute approximate surface area is 149 Å². The SMILES string of the molecule is CC[C@H]1CCCCN1CCCNS(=O)(=O)c1cc(Cl)ccc1Cl. The lowest BCUT2D eigenvalue weighted by Crippen LogP contribution is -2.40. The van der Waals surface area contributed by atoms with Crippen LogP contribution in [-0.2, 0) is 10.0 Å². The first-order valence-corrected chi connectivity index (χ1v) is 10.4. The topological polar surface area (TPSA) is 49.4 Å². The van der Waals surface area contributed by atoms with Crippen molar-refractivity contribution in [3.63, 3.8) is 0 Å². The Balaban J connectivity index is 1.86. The molecule has 1 aliphatic heterocycles. The molecule has 2 rings (SSSR count). The molecule has 1 aliphatic rings. The van der Waals surface area contributed by atoms with Crippen molar-refractivity contribution < 1.29 is 8.42 Å². The normalized spacial score (nSPS) is 19.9. The van der Waals surface area contributed by atoms with Gasteiger partial charge < -0.3 is 4.90 Å². The van der Waals surface area contributed by atoms with Crippen LogP contribution in [0.4, 0.5) is 0 Å². The summed E-state index contributed by atoms with van der Waals surface area (Å²) < 4.78 is 27.2. The fourth-order valence-corrected chi connectivity index (χ4v) is 4.90. The van der Waals surface area contributed by atoms with Crippen molar-refractivity contribution >= 4 is 33.2 Å². The van der Waals surface area contributed by atoms with E-state index in [0.717, 1.165) is 25.9 Å². The third kappa shape index (κ3) is 5.33. The van der Waals surface area contributed by atoms with Crippen molar-refractivity contribution in [1.82, 2.24) is 9.62 Å². The van der Waals surface area contributed by atoms with Gasteiger partial charge in [0.15, 0.2) is 0 Å². The summed E-state index contributed by atoms with van der Waals surface area (Å²) in [6.07, 6.45) is 5.73. The average molecular weight is 379 g/mol. The van der Waals surface area contributed by atoms with Gasteiger partial charge in [-0.05, 0) is 57.0 Å². The summed E-state index contributed by atoms with van der Waals surface area (Å²) >= 11 is 11.8. The zero-order chi connectivity index (χ0) is 16.9. The molecule has 1 N–H and O–H groups in total. The smallest absolute Gasteiger partial charge is 0.242 e. The number of hydrogen-bond acceptors (Lipinski definition) is 3. The molecule has 0 spiro atoms. The van der Waals surface area contributed by atoms with Gasteiger partial charge in [-0.15, -0.1) is 0 Å². The summed E-state index contributed by atoms with van der Waals surface area (Å²) in [4.78, 5) is 2.51. The van der Waals surface area contributed by atoms with Gasteiger partial charge in [-0.3, -0.25) is 0 Å². The lowest BCUT2D eigenvalue weighted by atomic mass is 10.00. The molecule has 1 atom stereocenters. The van der Waals surface area contributed by atoms with Crippen LogP contribution in [0, 0.1) is 0 Å².